The van der Waals surface area contributed by atoms with Gasteiger partial charge in [-0.1, -0.05) is 62.4 Å². The highest BCUT2D eigenvalue weighted by Gasteiger charge is 2.15. The number of fused-ring (bicyclic) bond motifs is 1. The fourth-order valence-electron chi connectivity index (χ4n) is 3.71. The lowest BCUT2D eigenvalue weighted by molar-refractivity contribution is 0.102. The molecule has 0 saturated heterocycles. The van der Waals surface area contributed by atoms with Gasteiger partial charge in [0.1, 0.15) is 0 Å². The fraction of sp³-hybridized carbons (Fsp3) is 0.185. The summed E-state index contributed by atoms with van der Waals surface area (Å²) in [7, 11) is 0. The van der Waals surface area contributed by atoms with Crippen LogP contribution in [0.25, 0.3) is 22.2 Å². The summed E-state index contributed by atoms with van der Waals surface area (Å²) in [5.41, 5.74) is 6.39. The second kappa shape index (κ2) is 9.03. The van der Waals surface area contributed by atoms with Gasteiger partial charge in [-0.2, -0.15) is 0 Å². The lowest BCUT2D eigenvalue weighted by Gasteiger charge is -2.12. The standard InChI is InChI=1S/C27H25BrN2O/c1-17(2)14-19-9-11-20(12-10-19)26-16-22(21-6-4-5-7-24(21)29-26)27(31)30-25-13-8-18(3)15-23(25)28/h4-13,15-17H,14H2,1-3H3,(H,30,31). The molecule has 1 amide bonds. The zero-order valence-electron chi connectivity index (χ0n) is 17.9. The van der Waals surface area contributed by atoms with E-state index < -0.39 is 0 Å². The van der Waals surface area contributed by atoms with Gasteiger partial charge in [0.15, 0.2) is 0 Å². The summed E-state index contributed by atoms with van der Waals surface area (Å²) in [5.74, 6) is 0.460. The number of carbonyl (C=O) groups is 1. The van der Waals surface area contributed by atoms with Crippen LogP contribution in [0.5, 0.6) is 0 Å². The van der Waals surface area contributed by atoms with E-state index in [1.165, 1.54) is 5.56 Å². The molecule has 0 spiro atoms. The number of aryl methyl sites for hydroxylation is 1. The zero-order chi connectivity index (χ0) is 22.0. The van der Waals surface area contributed by atoms with Crippen molar-refractivity contribution in [2.24, 2.45) is 5.92 Å². The number of nitrogens with zero attached hydrogens (tertiary/aromatic N) is 1. The number of nitrogens with one attached hydrogen (secondary N) is 1. The number of aromatic nitrogens is 1. The highest BCUT2D eigenvalue weighted by molar-refractivity contribution is 9.10. The van der Waals surface area contributed by atoms with Crippen LogP contribution in [0.3, 0.4) is 0 Å². The van der Waals surface area contributed by atoms with Crippen molar-refractivity contribution in [3.63, 3.8) is 0 Å². The number of hydrogen-bond acceptors (Lipinski definition) is 2. The monoisotopic (exact) mass is 472 g/mol. The Morgan fingerprint density at radius 2 is 1.74 bits per heavy atom. The second-order valence-electron chi connectivity index (χ2n) is 8.30. The molecule has 1 aromatic heterocycles. The lowest BCUT2D eigenvalue weighted by Crippen LogP contribution is -2.13. The van der Waals surface area contributed by atoms with Gasteiger partial charge in [-0.3, -0.25) is 4.79 Å². The van der Waals surface area contributed by atoms with Crippen molar-refractivity contribution in [3.8, 4) is 11.3 Å². The number of anilines is 1. The average molecular weight is 473 g/mol. The van der Waals surface area contributed by atoms with E-state index in [4.69, 9.17) is 4.98 Å². The lowest BCUT2D eigenvalue weighted by atomic mass is 9.99. The van der Waals surface area contributed by atoms with Gasteiger partial charge in [-0.05, 0) is 70.6 Å². The number of hydrogen-bond donors (Lipinski definition) is 1. The fourth-order valence-corrected chi connectivity index (χ4v) is 4.30. The molecule has 3 nitrogen and oxygen atoms in total. The van der Waals surface area contributed by atoms with Gasteiger partial charge in [-0.15, -0.1) is 0 Å². The molecule has 1 N–H and O–H groups in total. The molecule has 3 aromatic carbocycles. The van der Waals surface area contributed by atoms with Gasteiger partial charge in [-0.25, -0.2) is 4.98 Å². The maximum absolute atomic E-state index is 13.3. The van der Waals surface area contributed by atoms with Crippen molar-refractivity contribution < 1.29 is 4.79 Å². The largest absolute Gasteiger partial charge is 0.321 e. The van der Waals surface area contributed by atoms with Crippen LogP contribution in [-0.2, 0) is 6.42 Å². The van der Waals surface area contributed by atoms with Gasteiger partial charge in [0, 0.05) is 15.4 Å². The van der Waals surface area contributed by atoms with E-state index in [0.29, 0.717) is 11.5 Å². The molecule has 4 aromatic rings. The maximum atomic E-state index is 13.3. The predicted molar refractivity (Wildman–Crippen MR) is 133 cm³/mol. The summed E-state index contributed by atoms with van der Waals surface area (Å²) in [6.07, 6.45) is 1.05. The van der Waals surface area contributed by atoms with Crippen molar-refractivity contribution in [2.75, 3.05) is 5.32 Å². The summed E-state index contributed by atoms with van der Waals surface area (Å²) in [4.78, 5) is 18.1. The van der Waals surface area contributed by atoms with Crippen LogP contribution in [0.2, 0.25) is 0 Å². The third kappa shape index (κ3) is 4.86. The van der Waals surface area contributed by atoms with Crippen LogP contribution in [0, 0.1) is 12.8 Å². The molecule has 0 fully saturated rings. The molecule has 31 heavy (non-hydrogen) atoms. The molecule has 4 heteroatoms. The minimum Gasteiger partial charge on any atom is -0.321 e. The third-order valence-corrected chi connectivity index (χ3v) is 5.88. The van der Waals surface area contributed by atoms with Crippen LogP contribution in [0.1, 0.15) is 35.3 Å². The average Bonchev–Trinajstić information content (AvgIpc) is 2.75. The summed E-state index contributed by atoms with van der Waals surface area (Å²) >= 11 is 3.55. The quantitative estimate of drug-likeness (QED) is 0.328. The first-order chi connectivity index (χ1) is 14.9. The number of benzene rings is 3. The molecule has 4 rings (SSSR count). The molecule has 0 atom stereocenters. The third-order valence-electron chi connectivity index (χ3n) is 5.23. The Hall–Kier alpha value is -2.98. The van der Waals surface area contributed by atoms with E-state index in [1.807, 2.05) is 55.5 Å². The van der Waals surface area contributed by atoms with Gasteiger partial charge >= 0.3 is 0 Å². The van der Waals surface area contributed by atoms with Crippen LogP contribution in [-0.4, -0.2) is 10.9 Å². The molecule has 0 radical (unpaired) electrons. The SMILES string of the molecule is Cc1ccc(NC(=O)c2cc(-c3ccc(CC(C)C)cc3)nc3ccccc23)c(Br)c1. The van der Waals surface area contributed by atoms with Crippen LogP contribution in [0.15, 0.2) is 77.3 Å². The van der Waals surface area contributed by atoms with Crippen LogP contribution in [0.4, 0.5) is 5.69 Å². The number of halogens is 1. The molecular formula is C27H25BrN2O. The number of para-hydroxylation sites is 1. The second-order valence-corrected chi connectivity index (χ2v) is 9.16. The molecule has 0 bridgehead atoms. The smallest absolute Gasteiger partial charge is 0.256 e. The Balaban J connectivity index is 1.73. The van der Waals surface area contributed by atoms with E-state index in [2.05, 4.69) is 59.4 Å². The molecular weight excluding hydrogens is 448 g/mol. The summed E-state index contributed by atoms with van der Waals surface area (Å²) < 4.78 is 0.861. The van der Waals surface area contributed by atoms with E-state index in [0.717, 1.165) is 44.3 Å². The number of carbonyl (C=O) groups excluding carboxylic acids is 1. The summed E-state index contributed by atoms with van der Waals surface area (Å²) in [6, 6.07) is 24.0. The highest BCUT2D eigenvalue weighted by Crippen LogP contribution is 2.28. The van der Waals surface area contributed by atoms with Gasteiger partial charge < -0.3 is 5.32 Å². The first kappa shape index (κ1) is 21.3. The first-order valence-electron chi connectivity index (χ1n) is 10.5. The molecule has 0 aliphatic rings. The Bertz CT molecular complexity index is 1250. The van der Waals surface area contributed by atoms with E-state index in [-0.39, 0.29) is 5.91 Å². The highest BCUT2D eigenvalue weighted by atomic mass is 79.9. The molecule has 0 aliphatic carbocycles. The minimum atomic E-state index is -0.152. The predicted octanol–water partition coefficient (Wildman–Crippen LogP) is 7.42. The van der Waals surface area contributed by atoms with Gasteiger partial charge in [0.05, 0.1) is 22.5 Å². The normalized spacial score (nSPS) is 11.1. The van der Waals surface area contributed by atoms with E-state index in [9.17, 15) is 4.79 Å². The van der Waals surface area contributed by atoms with Crippen molar-refractivity contribution in [1.29, 1.82) is 0 Å². The zero-order valence-corrected chi connectivity index (χ0v) is 19.5. The van der Waals surface area contributed by atoms with Gasteiger partial charge in [0.25, 0.3) is 5.91 Å². The van der Waals surface area contributed by atoms with Gasteiger partial charge in [0.2, 0.25) is 0 Å². The van der Waals surface area contributed by atoms with E-state index >= 15 is 0 Å². The topological polar surface area (TPSA) is 42.0 Å². The number of rotatable bonds is 5. The maximum Gasteiger partial charge on any atom is 0.256 e. The Morgan fingerprint density at radius 3 is 2.45 bits per heavy atom. The Labute approximate surface area is 191 Å². The first-order valence-corrected chi connectivity index (χ1v) is 11.3. The Kier molecular flexibility index (Phi) is 6.19. The number of pyridine rings is 1. The summed E-state index contributed by atoms with van der Waals surface area (Å²) in [5, 5.41) is 3.88. The summed E-state index contributed by atoms with van der Waals surface area (Å²) in [6.45, 7) is 6.46. The van der Waals surface area contributed by atoms with Crippen molar-refractivity contribution in [2.45, 2.75) is 27.2 Å². The molecule has 0 unspecified atom stereocenters. The van der Waals surface area contributed by atoms with Crippen molar-refractivity contribution in [3.05, 3.63) is 94.0 Å². The van der Waals surface area contributed by atoms with Crippen LogP contribution >= 0.6 is 15.9 Å². The minimum absolute atomic E-state index is 0.152. The molecule has 0 aliphatic heterocycles. The van der Waals surface area contributed by atoms with E-state index in [1.54, 1.807) is 0 Å². The van der Waals surface area contributed by atoms with Crippen LogP contribution < -0.4 is 5.32 Å². The van der Waals surface area contributed by atoms with Crippen molar-refractivity contribution in [1.82, 2.24) is 4.98 Å². The molecule has 156 valence electrons. The Morgan fingerprint density at radius 1 is 1.00 bits per heavy atom. The molecule has 1 heterocycles. The number of amides is 1. The molecule has 0 saturated carbocycles. The van der Waals surface area contributed by atoms with Crippen molar-refractivity contribution >= 4 is 38.4 Å².